The number of fused-ring (bicyclic) bond motifs is 1. The molecule has 0 bridgehead atoms. The molecule has 3 aromatic carbocycles. The van der Waals surface area contributed by atoms with E-state index < -0.39 is 10.0 Å². The van der Waals surface area contributed by atoms with E-state index in [2.05, 4.69) is 5.32 Å². The van der Waals surface area contributed by atoms with Crippen molar-refractivity contribution in [2.45, 2.75) is 4.90 Å². The number of nitrogen functional groups attached to an aromatic ring is 1. The van der Waals surface area contributed by atoms with Gasteiger partial charge in [0.25, 0.3) is 0 Å². The highest BCUT2D eigenvalue weighted by atomic mass is 32.2. The number of piperazine rings is 1. The summed E-state index contributed by atoms with van der Waals surface area (Å²) in [6.45, 7) is 1.05. The Morgan fingerprint density at radius 3 is 2.19 bits per heavy atom. The van der Waals surface area contributed by atoms with E-state index in [9.17, 15) is 13.2 Å². The maximum atomic E-state index is 13.1. The summed E-state index contributed by atoms with van der Waals surface area (Å²) in [5, 5.41) is 12.1. The van der Waals surface area contributed by atoms with Crippen molar-refractivity contribution in [3.63, 3.8) is 0 Å². The third kappa shape index (κ3) is 4.37. The van der Waals surface area contributed by atoms with Gasteiger partial charge in [0.05, 0.1) is 4.90 Å². The van der Waals surface area contributed by atoms with Crippen molar-refractivity contribution < 1.29 is 13.2 Å². The Hall–Kier alpha value is -3.43. The third-order valence-electron chi connectivity index (χ3n) is 5.33. The smallest absolute Gasteiger partial charge is 0.321 e. The SMILES string of the molecule is N=C(N)c1ccc(NC(=O)N2CCN(S(=O)(=O)c3ccc4ccccc4c3)CC2)cc1. The highest BCUT2D eigenvalue weighted by Gasteiger charge is 2.30. The van der Waals surface area contributed by atoms with Gasteiger partial charge in [0, 0.05) is 37.4 Å². The van der Waals surface area contributed by atoms with Gasteiger partial charge in [-0.2, -0.15) is 4.31 Å². The van der Waals surface area contributed by atoms with Crippen LogP contribution in [0, 0.1) is 5.41 Å². The number of amidine groups is 1. The highest BCUT2D eigenvalue weighted by molar-refractivity contribution is 7.89. The third-order valence-corrected chi connectivity index (χ3v) is 7.23. The second-order valence-electron chi connectivity index (χ2n) is 7.32. The number of anilines is 1. The monoisotopic (exact) mass is 437 g/mol. The predicted octanol–water partition coefficient (Wildman–Crippen LogP) is 2.66. The molecule has 1 aliphatic heterocycles. The number of rotatable bonds is 4. The maximum Gasteiger partial charge on any atom is 0.321 e. The molecule has 31 heavy (non-hydrogen) atoms. The van der Waals surface area contributed by atoms with Gasteiger partial charge in [-0.05, 0) is 47.2 Å². The lowest BCUT2D eigenvalue weighted by atomic mass is 10.1. The van der Waals surface area contributed by atoms with E-state index in [0.717, 1.165) is 10.8 Å². The summed E-state index contributed by atoms with van der Waals surface area (Å²) in [6, 6.07) is 19.1. The summed E-state index contributed by atoms with van der Waals surface area (Å²) in [4.78, 5) is 14.4. The fourth-order valence-corrected chi connectivity index (χ4v) is 5.00. The Morgan fingerprint density at radius 1 is 0.903 bits per heavy atom. The average molecular weight is 438 g/mol. The molecular weight excluding hydrogens is 414 g/mol. The van der Waals surface area contributed by atoms with Crippen LogP contribution in [0.1, 0.15) is 5.56 Å². The van der Waals surface area contributed by atoms with Gasteiger partial charge in [-0.1, -0.05) is 30.3 Å². The summed E-state index contributed by atoms with van der Waals surface area (Å²) in [5.74, 6) is -0.0402. The number of sulfonamides is 1. The molecule has 0 aromatic heterocycles. The summed E-state index contributed by atoms with van der Waals surface area (Å²) in [7, 11) is -3.63. The number of hydrogen-bond donors (Lipinski definition) is 3. The molecule has 2 amide bonds. The van der Waals surface area contributed by atoms with Crippen LogP contribution in [-0.2, 0) is 10.0 Å². The number of nitrogens with zero attached hydrogens (tertiary/aromatic N) is 2. The summed E-state index contributed by atoms with van der Waals surface area (Å²) in [5.41, 5.74) is 6.59. The van der Waals surface area contributed by atoms with E-state index in [-0.39, 0.29) is 29.9 Å². The van der Waals surface area contributed by atoms with Crippen molar-refractivity contribution in [1.82, 2.24) is 9.21 Å². The molecule has 1 aliphatic rings. The van der Waals surface area contributed by atoms with E-state index >= 15 is 0 Å². The molecule has 4 N–H and O–H groups in total. The van der Waals surface area contributed by atoms with Crippen molar-refractivity contribution in [1.29, 1.82) is 5.41 Å². The lowest BCUT2D eigenvalue weighted by Gasteiger charge is -2.34. The summed E-state index contributed by atoms with van der Waals surface area (Å²) >= 11 is 0. The second-order valence-corrected chi connectivity index (χ2v) is 9.26. The normalized spacial score (nSPS) is 15.0. The van der Waals surface area contributed by atoms with Crippen molar-refractivity contribution >= 4 is 38.3 Å². The van der Waals surface area contributed by atoms with Crippen LogP contribution in [0.25, 0.3) is 10.8 Å². The first-order valence-electron chi connectivity index (χ1n) is 9.84. The standard InChI is InChI=1S/C22H23N5O3S/c23-21(24)17-5-8-19(9-6-17)25-22(28)26-11-13-27(14-12-26)31(29,30)20-10-7-16-3-1-2-4-18(16)15-20/h1-10,15H,11-14H2,(H3,23,24)(H,25,28). The maximum absolute atomic E-state index is 13.1. The number of nitrogens with one attached hydrogen (secondary N) is 2. The van der Waals surface area contributed by atoms with Gasteiger partial charge in [-0.3, -0.25) is 5.41 Å². The quantitative estimate of drug-likeness (QED) is 0.429. The number of hydrogen-bond acceptors (Lipinski definition) is 4. The van der Waals surface area contributed by atoms with Gasteiger partial charge in [0.1, 0.15) is 5.84 Å². The molecule has 1 heterocycles. The van der Waals surface area contributed by atoms with Crippen molar-refractivity contribution in [2.24, 2.45) is 5.73 Å². The minimum atomic E-state index is -3.63. The molecule has 8 nitrogen and oxygen atoms in total. The van der Waals surface area contributed by atoms with Gasteiger partial charge >= 0.3 is 6.03 Å². The molecule has 9 heteroatoms. The first kappa shape index (κ1) is 20.8. The number of amides is 2. The molecule has 1 fully saturated rings. The number of benzene rings is 3. The van der Waals surface area contributed by atoms with Crippen LogP contribution >= 0.6 is 0 Å². The molecule has 0 spiro atoms. The Morgan fingerprint density at radius 2 is 1.55 bits per heavy atom. The topological polar surface area (TPSA) is 120 Å². The minimum Gasteiger partial charge on any atom is -0.384 e. The molecule has 0 unspecified atom stereocenters. The van der Waals surface area contributed by atoms with Crippen LogP contribution < -0.4 is 11.1 Å². The Bertz CT molecular complexity index is 1230. The van der Waals surface area contributed by atoms with Gasteiger partial charge in [-0.15, -0.1) is 0 Å². The number of urea groups is 1. The van der Waals surface area contributed by atoms with Gasteiger partial charge < -0.3 is 16.0 Å². The zero-order valence-electron chi connectivity index (χ0n) is 16.8. The van der Waals surface area contributed by atoms with Crippen LogP contribution in [-0.4, -0.2) is 55.7 Å². The first-order chi connectivity index (χ1) is 14.8. The summed E-state index contributed by atoms with van der Waals surface area (Å²) < 4.78 is 27.5. The van der Waals surface area contributed by atoms with Crippen LogP contribution in [0.2, 0.25) is 0 Å². The van der Waals surface area contributed by atoms with Crippen molar-refractivity contribution in [2.75, 3.05) is 31.5 Å². The van der Waals surface area contributed by atoms with Crippen molar-refractivity contribution in [3.8, 4) is 0 Å². The molecule has 0 radical (unpaired) electrons. The van der Waals surface area contributed by atoms with E-state index in [1.54, 1.807) is 41.3 Å². The number of nitrogens with two attached hydrogens (primary N) is 1. The second kappa shape index (κ2) is 8.37. The van der Waals surface area contributed by atoms with E-state index in [1.165, 1.54) is 4.31 Å². The van der Waals surface area contributed by atoms with Gasteiger partial charge in [-0.25, -0.2) is 13.2 Å². The Balaban J connectivity index is 1.40. The summed E-state index contributed by atoms with van der Waals surface area (Å²) in [6.07, 6.45) is 0. The predicted molar refractivity (Wildman–Crippen MR) is 121 cm³/mol. The Kier molecular flexibility index (Phi) is 5.62. The molecule has 160 valence electrons. The van der Waals surface area contributed by atoms with E-state index in [0.29, 0.717) is 24.3 Å². The first-order valence-corrected chi connectivity index (χ1v) is 11.3. The van der Waals surface area contributed by atoms with E-state index in [4.69, 9.17) is 11.1 Å². The molecule has 3 aromatic rings. The van der Waals surface area contributed by atoms with Gasteiger partial charge in [0.15, 0.2) is 0 Å². The van der Waals surface area contributed by atoms with Crippen LogP contribution in [0.3, 0.4) is 0 Å². The van der Waals surface area contributed by atoms with Crippen LogP contribution in [0.15, 0.2) is 71.6 Å². The van der Waals surface area contributed by atoms with Crippen LogP contribution in [0.5, 0.6) is 0 Å². The molecule has 0 saturated carbocycles. The van der Waals surface area contributed by atoms with E-state index in [1.807, 2.05) is 30.3 Å². The average Bonchev–Trinajstić information content (AvgIpc) is 2.79. The zero-order chi connectivity index (χ0) is 22.0. The Labute approximate surface area is 180 Å². The molecule has 4 rings (SSSR count). The highest BCUT2D eigenvalue weighted by Crippen LogP contribution is 2.23. The lowest BCUT2D eigenvalue weighted by Crippen LogP contribution is -2.51. The molecular formula is C22H23N5O3S. The zero-order valence-corrected chi connectivity index (χ0v) is 17.6. The van der Waals surface area contributed by atoms with Crippen LogP contribution in [0.4, 0.5) is 10.5 Å². The largest absolute Gasteiger partial charge is 0.384 e. The molecule has 0 atom stereocenters. The lowest BCUT2D eigenvalue weighted by molar-refractivity contribution is 0.184. The van der Waals surface area contributed by atoms with Gasteiger partial charge in [0.2, 0.25) is 10.0 Å². The van der Waals surface area contributed by atoms with Crippen molar-refractivity contribution in [3.05, 3.63) is 72.3 Å². The fourth-order valence-electron chi connectivity index (χ4n) is 3.54. The number of carbonyl (C=O) groups is 1. The minimum absolute atomic E-state index is 0.0402. The number of carbonyl (C=O) groups excluding carboxylic acids is 1. The molecule has 0 aliphatic carbocycles. The molecule has 1 saturated heterocycles. The fraction of sp³-hybridized carbons (Fsp3) is 0.182.